The van der Waals surface area contributed by atoms with Crippen LogP contribution >= 0.6 is 11.3 Å². The minimum Gasteiger partial charge on any atom is -0.344 e. The van der Waals surface area contributed by atoms with Crippen LogP contribution in [0.1, 0.15) is 10.4 Å². The molecule has 4 nitrogen and oxygen atoms in total. The van der Waals surface area contributed by atoms with Crippen molar-refractivity contribution in [3.05, 3.63) is 52.2 Å². The fourth-order valence-electron chi connectivity index (χ4n) is 1.84. The molecule has 0 aliphatic carbocycles. The number of amides is 2. The number of halogens is 3. The topological polar surface area (TPSA) is 58.2 Å². The first-order chi connectivity index (χ1) is 10.9. The molecule has 0 aliphatic rings. The molecule has 23 heavy (non-hydrogen) atoms. The maximum absolute atomic E-state index is 12.2. The monoisotopic (exact) mass is 342 g/mol. The fraction of sp³-hybridized carbons (Fsp3) is 0.200. The summed E-state index contributed by atoms with van der Waals surface area (Å²) in [7, 11) is 0. The molecular weight excluding hydrogens is 329 g/mol. The van der Waals surface area contributed by atoms with Crippen LogP contribution in [0.15, 0.2) is 41.8 Å². The van der Waals surface area contributed by atoms with Gasteiger partial charge in [0, 0.05) is 17.1 Å². The summed E-state index contributed by atoms with van der Waals surface area (Å²) < 4.78 is 36.6. The second-order valence-corrected chi connectivity index (χ2v) is 5.67. The first kappa shape index (κ1) is 17.0. The predicted molar refractivity (Wildman–Crippen MR) is 81.0 cm³/mol. The minimum atomic E-state index is -4.93. The normalized spacial score (nSPS) is 11.1. The summed E-state index contributed by atoms with van der Waals surface area (Å²) in [5.74, 6) is -2.29. The van der Waals surface area contributed by atoms with Crippen LogP contribution in [0.2, 0.25) is 0 Å². The summed E-state index contributed by atoms with van der Waals surface area (Å²) in [6, 6.07) is 10.0. The highest BCUT2D eigenvalue weighted by Crippen LogP contribution is 2.18. The average molecular weight is 342 g/mol. The predicted octanol–water partition coefficient (Wildman–Crippen LogP) is 3.11. The van der Waals surface area contributed by atoms with E-state index in [1.165, 1.54) is 17.4 Å². The fourth-order valence-corrected chi connectivity index (χ4v) is 2.54. The maximum atomic E-state index is 12.2. The number of hydrogen-bond donors (Lipinski definition) is 2. The quantitative estimate of drug-likeness (QED) is 0.877. The Labute approximate surface area is 134 Å². The van der Waals surface area contributed by atoms with E-state index < -0.39 is 12.1 Å². The van der Waals surface area contributed by atoms with Crippen LogP contribution < -0.4 is 10.6 Å². The molecule has 2 rings (SSSR count). The van der Waals surface area contributed by atoms with E-state index in [0.717, 1.165) is 4.88 Å². The Balaban J connectivity index is 2.00. The van der Waals surface area contributed by atoms with Gasteiger partial charge in [0.1, 0.15) is 0 Å². The third kappa shape index (κ3) is 5.10. The zero-order valence-corrected chi connectivity index (χ0v) is 12.6. The van der Waals surface area contributed by atoms with Gasteiger partial charge in [-0.05, 0) is 23.1 Å². The number of rotatable bonds is 5. The lowest BCUT2D eigenvalue weighted by molar-refractivity contribution is -0.173. The lowest BCUT2D eigenvalue weighted by Crippen LogP contribution is -2.36. The Kier molecular flexibility index (Phi) is 5.38. The van der Waals surface area contributed by atoms with Gasteiger partial charge in [-0.1, -0.05) is 24.3 Å². The van der Waals surface area contributed by atoms with Crippen molar-refractivity contribution in [2.75, 3.05) is 5.32 Å². The summed E-state index contributed by atoms with van der Waals surface area (Å²) in [6.45, 7) is -0.326. The van der Waals surface area contributed by atoms with Crippen LogP contribution in [0.5, 0.6) is 0 Å². The molecule has 0 saturated carbocycles. The minimum absolute atomic E-state index is 0.181. The Morgan fingerprint density at radius 1 is 1.09 bits per heavy atom. The molecule has 0 radical (unpaired) electrons. The molecule has 1 aromatic carbocycles. The van der Waals surface area contributed by atoms with E-state index in [9.17, 15) is 22.8 Å². The number of para-hydroxylation sites is 1. The molecule has 2 N–H and O–H groups in total. The molecule has 122 valence electrons. The van der Waals surface area contributed by atoms with Gasteiger partial charge in [-0.15, -0.1) is 11.3 Å². The van der Waals surface area contributed by atoms with Crippen LogP contribution in [0.3, 0.4) is 0 Å². The smallest absolute Gasteiger partial charge is 0.344 e. The second kappa shape index (κ2) is 7.28. The van der Waals surface area contributed by atoms with Crippen molar-refractivity contribution in [3.8, 4) is 0 Å². The van der Waals surface area contributed by atoms with Gasteiger partial charge >= 0.3 is 12.1 Å². The molecule has 0 aliphatic heterocycles. The van der Waals surface area contributed by atoms with Crippen molar-refractivity contribution >= 4 is 28.8 Å². The molecule has 0 saturated heterocycles. The van der Waals surface area contributed by atoms with Crippen LogP contribution in [-0.4, -0.2) is 18.0 Å². The second-order valence-electron chi connectivity index (χ2n) is 4.64. The van der Waals surface area contributed by atoms with Gasteiger partial charge in [0.05, 0.1) is 6.42 Å². The largest absolute Gasteiger partial charge is 0.471 e. The summed E-state index contributed by atoms with van der Waals surface area (Å²) in [5, 5.41) is 6.28. The van der Waals surface area contributed by atoms with Gasteiger partial charge in [-0.25, -0.2) is 0 Å². The van der Waals surface area contributed by atoms with Crippen molar-refractivity contribution in [2.24, 2.45) is 0 Å². The Bertz CT molecular complexity index is 684. The molecule has 2 amide bonds. The van der Waals surface area contributed by atoms with E-state index in [-0.39, 0.29) is 18.9 Å². The lowest BCUT2D eigenvalue weighted by atomic mass is 10.1. The van der Waals surface area contributed by atoms with E-state index >= 15 is 0 Å². The maximum Gasteiger partial charge on any atom is 0.471 e. The summed E-state index contributed by atoms with van der Waals surface area (Å²) in [6.07, 6.45) is -4.75. The standard InChI is InChI=1S/C15H13F3N2O2S/c16-15(17,18)14(22)19-9-10-4-1-2-6-12(10)20-13(21)8-11-5-3-7-23-11/h1-7H,8-9H2,(H,19,22)(H,20,21). The highest BCUT2D eigenvalue weighted by Gasteiger charge is 2.38. The van der Waals surface area contributed by atoms with E-state index in [0.29, 0.717) is 11.3 Å². The van der Waals surface area contributed by atoms with Crippen molar-refractivity contribution in [1.82, 2.24) is 5.32 Å². The summed E-state index contributed by atoms with van der Waals surface area (Å²) in [5.41, 5.74) is 0.765. The highest BCUT2D eigenvalue weighted by atomic mass is 32.1. The first-order valence-electron chi connectivity index (χ1n) is 6.61. The van der Waals surface area contributed by atoms with Gasteiger partial charge in [-0.2, -0.15) is 13.2 Å². The van der Waals surface area contributed by atoms with E-state index in [4.69, 9.17) is 0 Å². The Morgan fingerprint density at radius 3 is 2.48 bits per heavy atom. The van der Waals surface area contributed by atoms with Gasteiger partial charge in [0.15, 0.2) is 0 Å². The summed E-state index contributed by atoms with van der Waals surface area (Å²) >= 11 is 1.44. The highest BCUT2D eigenvalue weighted by molar-refractivity contribution is 7.10. The van der Waals surface area contributed by atoms with E-state index in [2.05, 4.69) is 5.32 Å². The number of hydrogen-bond acceptors (Lipinski definition) is 3. The molecule has 0 unspecified atom stereocenters. The third-order valence-corrected chi connectivity index (χ3v) is 3.78. The zero-order chi connectivity index (χ0) is 16.9. The van der Waals surface area contributed by atoms with Gasteiger partial charge < -0.3 is 10.6 Å². The number of benzene rings is 1. The lowest BCUT2D eigenvalue weighted by Gasteiger charge is -2.12. The SMILES string of the molecule is O=C(Cc1cccs1)Nc1ccccc1CNC(=O)C(F)(F)F. The molecular formula is C15H13F3N2O2S. The number of nitrogens with one attached hydrogen (secondary N) is 2. The molecule has 0 atom stereocenters. The van der Waals surface area contributed by atoms with E-state index in [1.54, 1.807) is 23.5 Å². The van der Waals surface area contributed by atoms with Gasteiger partial charge in [0.2, 0.25) is 5.91 Å². The molecule has 1 aromatic heterocycles. The number of thiophene rings is 1. The number of alkyl halides is 3. The van der Waals surface area contributed by atoms with Gasteiger partial charge in [0.25, 0.3) is 0 Å². The van der Waals surface area contributed by atoms with Gasteiger partial charge in [-0.3, -0.25) is 9.59 Å². The first-order valence-corrected chi connectivity index (χ1v) is 7.49. The molecule has 2 aromatic rings. The third-order valence-electron chi connectivity index (χ3n) is 2.90. The molecule has 0 bridgehead atoms. The van der Waals surface area contributed by atoms with Crippen LogP contribution in [0.4, 0.5) is 18.9 Å². The van der Waals surface area contributed by atoms with Crippen LogP contribution in [0, 0.1) is 0 Å². The van der Waals surface area contributed by atoms with Crippen molar-refractivity contribution in [3.63, 3.8) is 0 Å². The van der Waals surface area contributed by atoms with Crippen molar-refractivity contribution in [2.45, 2.75) is 19.1 Å². The molecule has 0 spiro atoms. The Morgan fingerprint density at radius 2 is 1.83 bits per heavy atom. The number of anilines is 1. The van der Waals surface area contributed by atoms with Crippen molar-refractivity contribution < 1.29 is 22.8 Å². The van der Waals surface area contributed by atoms with Crippen LogP contribution in [-0.2, 0) is 22.6 Å². The number of carbonyl (C=O) groups excluding carboxylic acids is 2. The molecule has 0 fully saturated rings. The molecule has 8 heteroatoms. The van der Waals surface area contributed by atoms with Crippen molar-refractivity contribution in [1.29, 1.82) is 0 Å². The average Bonchev–Trinajstić information content (AvgIpc) is 2.97. The summed E-state index contributed by atoms with van der Waals surface area (Å²) in [4.78, 5) is 23.7. The van der Waals surface area contributed by atoms with Crippen LogP contribution in [0.25, 0.3) is 0 Å². The van der Waals surface area contributed by atoms with E-state index in [1.807, 2.05) is 17.5 Å². The molecule has 1 heterocycles. The zero-order valence-electron chi connectivity index (χ0n) is 11.8. The Hall–Kier alpha value is -2.35. The number of carbonyl (C=O) groups is 2.